The molecule has 3 aliphatic rings. The normalized spacial score (nSPS) is 26.2. The molecule has 0 saturated heterocycles. The highest BCUT2D eigenvalue weighted by molar-refractivity contribution is 6.18. The Morgan fingerprint density at radius 2 is 1.83 bits per heavy atom. The Morgan fingerprint density at radius 1 is 1.06 bits per heavy atom. The lowest BCUT2D eigenvalue weighted by Crippen LogP contribution is -2.47. The van der Waals surface area contributed by atoms with Crippen molar-refractivity contribution in [2.24, 2.45) is 21.3 Å². The fourth-order valence-electron chi connectivity index (χ4n) is 5.88. The van der Waals surface area contributed by atoms with Gasteiger partial charge in [0, 0.05) is 51.4 Å². The number of nitrogen functional groups attached to an aromatic ring is 1. The molecule has 2 heterocycles. The topological polar surface area (TPSA) is 108 Å². The van der Waals surface area contributed by atoms with E-state index in [1.807, 2.05) is 0 Å². The van der Waals surface area contributed by atoms with E-state index in [0.717, 1.165) is 49.4 Å². The van der Waals surface area contributed by atoms with E-state index in [4.69, 9.17) is 15.7 Å². The minimum atomic E-state index is -0.0458. The number of nitrogens with two attached hydrogens (primary N) is 1. The Labute approximate surface area is 211 Å². The van der Waals surface area contributed by atoms with Gasteiger partial charge in [-0.15, -0.1) is 0 Å². The maximum Gasteiger partial charge on any atom is 0.251 e. The smallest absolute Gasteiger partial charge is 0.251 e. The molecule has 3 atom stereocenters. The number of carbonyl (C=O) groups excluding carboxylic acids is 1. The van der Waals surface area contributed by atoms with Crippen molar-refractivity contribution < 1.29 is 4.79 Å². The molecule has 1 unspecified atom stereocenters. The van der Waals surface area contributed by atoms with E-state index in [1.165, 1.54) is 23.8 Å². The molecule has 2 aliphatic carbocycles. The van der Waals surface area contributed by atoms with Crippen LogP contribution in [0.2, 0.25) is 0 Å². The van der Waals surface area contributed by atoms with Crippen LogP contribution in [0.25, 0.3) is 10.9 Å². The van der Waals surface area contributed by atoms with Crippen molar-refractivity contribution in [3.05, 3.63) is 65.9 Å². The third-order valence-corrected chi connectivity index (χ3v) is 8.15. The number of para-hydroxylation sites is 1. The second kappa shape index (κ2) is 9.12. The van der Waals surface area contributed by atoms with E-state index in [1.54, 1.807) is 24.3 Å². The van der Waals surface area contributed by atoms with Gasteiger partial charge < -0.3 is 21.4 Å². The number of hydrogen-bond donors (Lipinski definition) is 4. The number of amides is 1. The van der Waals surface area contributed by atoms with Crippen LogP contribution >= 0.6 is 0 Å². The summed E-state index contributed by atoms with van der Waals surface area (Å²) in [6.07, 6.45) is 8.53. The Kier molecular flexibility index (Phi) is 5.78. The van der Waals surface area contributed by atoms with Crippen LogP contribution in [0.3, 0.4) is 0 Å². The SMILES string of the molecule is CC1(C2CC2)CN=C(N[C@@H]2CCC[C@H](NC(=O)c3ccc(N)cc3)C2)N=C1c1c[nH]c2ccccc12. The zero-order valence-corrected chi connectivity index (χ0v) is 20.8. The van der Waals surface area contributed by atoms with Crippen molar-refractivity contribution >= 4 is 34.2 Å². The second-order valence-corrected chi connectivity index (χ2v) is 10.8. The molecule has 1 aromatic heterocycles. The molecular formula is C29H34N6O. The molecule has 186 valence electrons. The number of benzene rings is 2. The Hall–Kier alpha value is -3.61. The number of nitrogens with one attached hydrogen (secondary N) is 3. The van der Waals surface area contributed by atoms with Gasteiger partial charge in [-0.3, -0.25) is 9.79 Å². The quantitative estimate of drug-likeness (QED) is 0.397. The summed E-state index contributed by atoms with van der Waals surface area (Å²) >= 11 is 0. The molecule has 5 N–H and O–H groups in total. The largest absolute Gasteiger partial charge is 0.399 e. The summed E-state index contributed by atoms with van der Waals surface area (Å²) in [5.74, 6) is 1.32. The summed E-state index contributed by atoms with van der Waals surface area (Å²) in [5, 5.41) is 8.05. The van der Waals surface area contributed by atoms with Crippen molar-refractivity contribution in [3.63, 3.8) is 0 Å². The first-order valence-electron chi connectivity index (χ1n) is 13.1. The number of aromatic nitrogens is 1. The number of nitrogens with zero attached hydrogens (tertiary/aromatic N) is 2. The van der Waals surface area contributed by atoms with Crippen LogP contribution in [0.4, 0.5) is 5.69 Å². The molecular weight excluding hydrogens is 448 g/mol. The number of guanidine groups is 1. The van der Waals surface area contributed by atoms with E-state index >= 15 is 0 Å². The maximum absolute atomic E-state index is 12.7. The molecule has 2 aromatic carbocycles. The summed E-state index contributed by atoms with van der Waals surface area (Å²) < 4.78 is 0. The number of fused-ring (bicyclic) bond motifs is 1. The van der Waals surface area contributed by atoms with Crippen LogP contribution in [0, 0.1) is 11.3 Å². The highest BCUT2D eigenvalue weighted by atomic mass is 16.1. The van der Waals surface area contributed by atoms with Crippen LogP contribution in [0.5, 0.6) is 0 Å². The number of H-pyrrole nitrogens is 1. The molecule has 0 bridgehead atoms. The third kappa shape index (κ3) is 4.38. The average molecular weight is 483 g/mol. The molecule has 36 heavy (non-hydrogen) atoms. The fourth-order valence-corrected chi connectivity index (χ4v) is 5.88. The standard InChI is InChI=1S/C29H34N6O/c1-29(19-11-12-19)17-32-28(35-26(29)24-16-31-25-8-3-2-7-23(24)25)34-22-6-4-5-21(15-22)33-27(36)18-9-13-20(30)14-10-18/h2-3,7-10,13-14,16,19,21-22,31H,4-6,11-12,15,17,30H2,1H3,(H,32,34)(H,33,36)/t21-,22+,29?/m0/s1. The van der Waals surface area contributed by atoms with E-state index < -0.39 is 0 Å². The Morgan fingerprint density at radius 3 is 2.64 bits per heavy atom. The maximum atomic E-state index is 12.7. The van der Waals surface area contributed by atoms with Crippen LogP contribution in [0.15, 0.2) is 64.7 Å². The van der Waals surface area contributed by atoms with E-state index in [-0.39, 0.29) is 23.4 Å². The summed E-state index contributed by atoms with van der Waals surface area (Å²) in [6, 6.07) is 15.9. The number of rotatable bonds is 5. The molecule has 2 fully saturated rings. The predicted molar refractivity (Wildman–Crippen MR) is 145 cm³/mol. The highest BCUT2D eigenvalue weighted by Gasteiger charge is 2.47. The Balaban J connectivity index is 1.18. The zero-order valence-electron chi connectivity index (χ0n) is 20.8. The van der Waals surface area contributed by atoms with Crippen molar-refractivity contribution in [3.8, 4) is 0 Å². The molecule has 0 spiro atoms. The zero-order chi connectivity index (χ0) is 24.7. The predicted octanol–water partition coefficient (Wildman–Crippen LogP) is 4.66. The molecule has 1 amide bonds. The number of anilines is 1. The first-order chi connectivity index (χ1) is 17.5. The van der Waals surface area contributed by atoms with Crippen LogP contribution in [-0.2, 0) is 0 Å². The molecule has 6 rings (SSSR count). The van der Waals surface area contributed by atoms with Crippen LogP contribution in [-0.4, -0.2) is 41.2 Å². The van der Waals surface area contributed by atoms with Gasteiger partial charge in [-0.1, -0.05) is 25.1 Å². The lowest BCUT2D eigenvalue weighted by molar-refractivity contribution is 0.0924. The van der Waals surface area contributed by atoms with Gasteiger partial charge in [0.1, 0.15) is 0 Å². The highest BCUT2D eigenvalue weighted by Crippen LogP contribution is 2.49. The molecule has 2 saturated carbocycles. The molecule has 3 aromatic rings. The minimum absolute atomic E-state index is 0.0434. The van der Waals surface area contributed by atoms with Crippen LogP contribution in [0.1, 0.15) is 61.4 Å². The summed E-state index contributed by atoms with van der Waals surface area (Å²) in [4.78, 5) is 26.2. The lowest BCUT2D eigenvalue weighted by atomic mass is 9.76. The van der Waals surface area contributed by atoms with E-state index in [9.17, 15) is 4.79 Å². The first kappa shape index (κ1) is 22.8. The first-order valence-corrected chi connectivity index (χ1v) is 13.1. The van der Waals surface area contributed by atoms with Crippen molar-refractivity contribution in [1.29, 1.82) is 0 Å². The average Bonchev–Trinajstić information content (AvgIpc) is 3.66. The van der Waals surface area contributed by atoms with Crippen LogP contribution < -0.4 is 16.4 Å². The van der Waals surface area contributed by atoms with Crippen molar-refractivity contribution in [1.82, 2.24) is 15.6 Å². The van der Waals surface area contributed by atoms with Crippen molar-refractivity contribution in [2.45, 2.75) is 57.5 Å². The van der Waals surface area contributed by atoms with Gasteiger partial charge in [-0.25, -0.2) is 4.99 Å². The van der Waals surface area contributed by atoms with Gasteiger partial charge in [0.2, 0.25) is 5.96 Å². The summed E-state index contributed by atoms with van der Waals surface area (Å²) in [6.45, 7) is 3.08. The van der Waals surface area contributed by atoms with E-state index in [0.29, 0.717) is 17.2 Å². The molecule has 7 nitrogen and oxygen atoms in total. The van der Waals surface area contributed by atoms with E-state index in [2.05, 4.69) is 53.0 Å². The number of aromatic amines is 1. The van der Waals surface area contributed by atoms with Gasteiger partial charge in [0.15, 0.2) is 0 Å². The van der Waals surface area contributed by atoms with Gasteiger partial charge >= 0.3 is 0 Å². The second-order valence-electron chi connectivity index (χ2n) is 10.8. The Bertz CT molecular complexity index is 1340. The minimum Gasteiger partial charge on any atom is -0.399 e. The van der Waals surface area contributed by atoms with Gasteiger partial charge in [0.25, 0.3) is 5.91 Å². The van der Waals surface area contributed by atoms with Gasteiger partial charge in [-0.2, -0.15) is 0 Å². The molecule has 0 radical (unpaired) electrons. The fraction of sp³-hybridized carbons (Fsp3) is 0.414. The number of hydrogen-bond acceptors (Lipinski definition) is 5. The molecule has 7 heteroatoms. The summed E-state index contributed by atoms with van der Waals surface area (Å²) in [5.41, 5.74) is 10.5. The van der Waals surface area contributed by atoms with Crippen molar-refractivity contribution in [2.75, 3.05) is 12.3 Å². The van der Waals surface area contributed by atoms with Gasteiger partial charge in [0.05, 0.1) is 12.3 Å². The monoisotopic (exact) mass is 482 g/mol. The van der Waals surface area contributed by atoms with Gasteiger partial charge in [-0.05, 0) is 74.8 Å². The number of aliphatic imine (C=N–C) groups is 2. The third-order valence-electron chi connectivity index (χ3n) is 8.15. The lowest BCUT2D eigenvalue weighted by Gasteiger charge is -2.35. The number of carbonyl (C=O) groups is 1. The summed E-state index contributed by atoms with van der Waals surface area (Å²) in [7, 11) is 0. The molecule has 1 aliphatic heterocycles.